The van der Waals surface area contributed by atoms with Crippen molar-refractivity contribution in [1.82, 2.24) is 9.61 Å². The second-order valence-electron chi connectivity index (χ2n) is 3.60. The van der Waals surface area contributed by atoms with Gasteiger partial charge in [-0.1, -0.05) is 29.8 Å². The summed E-state index contributed by atoms with van der Waals surface area (Å²) < 4.78 is 1.87. The van der Waals surface area contributed by atoms with Gasteiger partial charge in [-0.15, -0.1) is 0 Å². The molecule has 1 aromatic carbocycles. The van der Waals surface area contributed by atoms with Gasteiger partial charge in [0.2, 0.25) is 0 Å². The van der Waals surface area contributed by atoms with Gasteiger partial charge < -0.3 is 0 Å². The molecule has 0 spiro atoms. The molecule has 0 bridgehead atoms. The second kappa shape index (κ2) is 3.65. The highest BCUT2D eigenvalue weighted by Crippen LogP contribution is 2.25. The molecule has 0 aliphatic heterocycles. The van der Waals surface area contributed by atoms with Gasteiger partial charge in [0.25, 0.3) is 0 Å². The molecule has 0 fully saturated rings. The zero-order valence-electron chi connectivity index (χ0n) is 8.47. The molecule has 0 atom stereocenters. The first-order valence-corrected chi connectivity index (χ1v) is 5.41. The van der Waals surface area contributed by atoms with Gasteiger partial charge >= 0.3 is 0 Å². The molecular weight excluding hydrogens is 220 g/mol. The van der Waals surface area contributed by atoms with Crippen molar-refractivity contribution in [2.75, 3.05) is 0 Å². The standard InChI is InChI=1S/C13H9ClN2/c14-11-6-4-10(5-7-11)12-9-15-16-8-2-1-3-13(12)16/h1-9H. The van der Waals surface area contributed by atoms with Crippen LogP contribution in [0.15, 0.2) is 54.9 Å². The highest BCUT2D eigenvalue weighted by atomic mass is 35.5. The minimum Gasteiger partial charge on any atom is -0.240 e. The Balaban J connectivity index is 2.22. The normalized spacial score (nSPS) is 10.8. The molecule has 0 aliphatic carbocycles. The Bertz CT molecular complexity index is 626. The van der Waals surface area contributed by atoms with Crippen molar-refractivity contribution < 1.29 is 0 Å². The summed E-state index contributed by atoms with van der Waals surface area (Å²) in [4.78, 5) is 0. The summed E-state index contributed by atoms with van der Waals surface area (Å²) in [6.45, 7) is 0. The first-order valence-electron chi connectivity index (χ1n) is 5.03. The smallest absolute Gasteiger partial charge is 0.0740 e. The molecule has 0 unspecified atom stereocenters. The van der Waals surface area contributed by atoms with Crippen molar-refractivity contribution >= 4 is 17.1 Å². The number of halogens is 1. The molecule has 2 aromatic heterocycles. The van der Waals surface area contributed by atoms with Crippen LogP contribution in [0.2, 0.25) is 5.02 Å². The van der Waals surface area contributed by atoms with Crippen LogP contribution in [0.4, 0.5) is 0 Å². The Morgan fingerprint density at radius 1 is 1.00 bits per heavy atom. The van der Waals surface area contributed by atoms with Crippen molar-refractivity contribution in [3.05, 3.63) is 59.9 Å². The van der Waals surface area contributed by atoms with Gasteiger partial charge in [0, 0.05) is 16.8 Å². The van der Waals surface area contributed by atoms with Crippen molar-refractivity contribution in [3.63, 3.8) is 0 Å². The Hall–Kier alpha value is -1.80. The molecule has 0 saturated carbocycles. The van der Waals surface area contributed by atoms with E-state index in [1.54, 1.807) is 0 Å². The van der Waals surface area contributed by atoms with Crippen LogP contribution in [0, 0.1) is 0 Å². The van der Waals surface area contributed by atoms with Crippen molar-refractivity contribution in [2.45, 2.75) is 0 Å². The Kier molecular flexibility index (Phi) is 2.15. The lowest BCUT2D eigenvalue weighted by molar-refractivity contribution is 0.961. The van der Waals surface area contributed by atoms with Gasteiger partial charge in [0.1, 0.15) is 0 Å². The van der Waals surface area contributed by atoms with Crippen LogP contribution in [0.3, 0.4) is 0 Å². The fourth-order valence-corrected chi connectivity index (χ4v) is 1.91. The largest absolute Gasteiger partial charge is 0.240 e. The summed E-state index contributed by atoms with van der Waals surface area (Å²) in [6, 6.07) is 13.8. The number of fused-ring (bicyclic) bond motifs is 1. The van der Waals surface area contributed by atoms with E-state index in [0.29, 0.717) is 0 Å². The minimum absolute atomic E-state index is 0.750. The maximum atomic E-state index is 5.87. The van der Waals surface area contributed by atoms with Gasteiger partial charge in [-0.3, -0.25) is 0 Å². The molecule has 3 aromatic rings. The number of hydrogen-bond acceptors (Lipinski definition) is 1. The van der Waals surface area contributed by atoms with E-state index in [2.05, 4.69) is 11.2 Å². The maximum absolute atomic E-state index is 5.87. The maximum Gasteiger partial charge on any atom is 0.0740 e. The molecule has 2 heterocycles. The van der Waals surface area contributed by atoms with Gasteiger partial charge in [-0.2, -0.15) is 5.10 Å². The van der Waals surface area contributed by atoms with E-state index in [1.165, 1.54) is 0 Å². The molecule has 0 aliphatic rings. The topological polar surface area (TPSA) is 17.3 Å². The third-order valence-corrected chi connectivity index (χ3v) is 2.83. The van der Waals surface area contributed by atoms with E-state index in [1.807, 2.05) is 53.3 Å². The second-order valence-corrected chi connectivity index (χ2v) is 4.03. The molecule has 0 saturated heterocycles. The lowest BCUT2D eigenvalue weighted by Gasteiger charge is -1.99. The van der Waals surface area contributed by atoms with Crippen molar-refractivity contribution in [1.29, 1.82) is 0 Å². The van der Waals surface area contributed by atoms with Gasteiger partial charge in [-0.25, -0.2) is 4.52 Å². The highest BCUT2D eigenvalue weighted by molar-refractivity contribution is 6.30. The number of benzene rings is 1. The fourth-order valence-electron chi connectivity index (χ4n) is 1.79. The van der Waals surface area contributed by atoms with Crippen LogP contribution < -0.4 is 0 Å². The Labute approximate surface area is 98.1 Å². The first-order chi connectivity index (χ1) is 7.84. The number of nitrogens with zero attached hydrogens (tertiary/aromatic N) is 2. The summed E-state index contributed by atoms with van der Waals surface area (Å²) in [5.41, 5.74) is 3.35. The highest BCUT2D eigenvalue weighted by Gasteiger charge is 2.04. The molecule has 0 radical (unpaired) electrons. The lowest BCUT2D eigenvalue weighted by atomic mass is 10.1. The zero-order chi connectivity index (χ0) is 11.0. The van der Waals surface area contributed by atoms with Crippen LogP contribution in [0.1, 0.15) is 0 Å². The monoisotopic (exact) mass is 228 g/mol. The molecule has 16 heavy (non-hydrogen) atoms. The van der Waals surface area contributed by atoms with Crippen LogP contribution in [0.5, 0.6) is 0 Å². The third kappa shape index (κ3) is 1.48. The fraction of sp³-hybridized carbons (Fsp3) is 0. The van der Waals surface area contributed by atoms with E-state index in [0.717, 1.165) is 21.7 Å². The van der Waals surface area contributed by atoms with Crippen LogP contribution in [0.25, 0.3) is 16.6 Å². The molecule has 2 nitrogen and oxygen atoms in total. The summed E-state index contributed by atoms with van der Waals surface area (Å²) in [5, 5.41) is 5.05. The van der Waals surface area contributed by atoms with E-state index in [9.17, 15) is 0 Å². The van der Waals surface area contributed by atoms with Crippen molar-refractivity contribution in [3.8, 4) is 11.1 Å². The summed E-state index contributed by atoms with van der Waals surface area (Å²) in [7, 11) is 0. The molecule has 3 heteroatoms. The average molecular weight is 229 g/mol. The lowest BCUT2D eigenvalue weighted by Crippen LogP contribution is -1.83. The first kappa shape index (κ1) is 9.43. The number of aromatic nitrogens is 2. The van der Waals surface area contributed by atoms with E-state index in [-0.39, 0.29) is 0 Å². The summed E-state index contributed by atoms with van der Waals surface area (Å²) >= 11 is 5.87. The van der Waals surface area contributed by atoms with Gasteiger partial charge in [0.15, 0.2) is 0 Å². The van der Waals surface area contributed by atoms with E-state index < -0.39 is 0 Å². The van der Waals surface area contributed by atoms with Gasteiger partial charge in [0.05, 0.1) is 11.7 Å². The third-order valence-electron chi connectivity index (χ3n) is 2.58. The van der Waals surface area contributed by atoms with Crippen LogP contribution in [-0.4, -0.2) is 9.61 Å². The Morgan fingerprint density at radius 3 is 2.62 bits per heavy atom. The van der Waals surface area contributed by atoms with E-state index >= 15 is 0 Å². The number of hydrogen-bond donors (Lipinski definition) is 0. The molecule has 3 rings (SSSR count). The Morgan fingerprint density at radius 2 is 1.81 bits per heavy atom. The average Bonchev–Trinajstić information content (AvgIpc) is 2.74. The number of rotatable bonds is 1. The zero-order valence-corrected chi connectivity index (χ0v) is 9.22. The number of pyridine rings is 1. The predicted octanol–water partition coefficient (Wildman–Crippen LogP) is 3.65. The van der Waals surface area contributed by atoms with Crippen LogP contribution >= 0.6 is 11.6 Å². The van der Waals surface area contributed by atoms with Crippen LogP contribution in [-0.2, 0) is 0 Å². The van der Waals surface area contributed by atoms with Gasteiger partial charge in [-0.05, 0) is 29.8 Å². The SMILES string of the molecule is Clc1ccc(-c2cnn3ccccc23)cc1. The molecule has 0 amide bonds. The van der Waals surface area contributed by atoms with E-state index in [4.69, 9.17) is 11.6 Å². The minimum atomic E-state index is 0.750. The molecule has 0 N–H and O–H groups in total. The quantitative estimate of drug-likeness (QED) is 0.621. The molecule has 78 valence electrons. The van der Waals surface area contributed by atoms with Crippen molar-refractivity contribution in [2.24, 2.45) is 0 Å². The molecular formula is C13H9ClN2. The summed E-state index contributed by atoms with van der Waals surface area (Å²) in [5.74, 6) is 0. The summed E-state index contributed by atoms with van der Waals surface area (Å²) in [6.07, 6.45) is 3.81. The predicted molar refractivity (Wildman–Crippen MR) is 65.6 cm³/mol.